The molecule has 0 radical (unpaired) electrons. The van der Waals surface area contributed by atoms with Gasteiger partial charge in [0, 0.05) is 18.0 Å². The van der Waals surface area contributed by atoms with Crippen molar-refractivity contribution in [3.8, 4) is 0 Å². The number of carbonyl (C=O) groups excluding carboxylic acids is 1. The fourth-order valence-electron chi connectivity index (χ4n) is 2.99. The molecule has 2 fully saturated rings. The molecule has 0 aromatic carbocycles. The Bertz CT molecular complexity index is 246. The topological polar surface area (TPSA) is 41.1 Å². The lowest BCUT2D eigenvalue weighted by Gasteiger charge is -2.25. The van der Waals surface area contributed by atoms with Crippen molar-refractivity contribution in [2.45, 2.75) is 69.9 Å². The van der Waals surface area contributed by atoms with Gasteiger partial charge in [-0.05, 0) is 45.6 Å². The summed E-state index contributed by atoms with van der Waals surface area (Å²) in [6.07, 6.45) is 9.03. The molecule has 1 heterocycles. The zero-order valence-corrected chi connectivity index (χ0v) is 11.6. The second-order valence-corrected chi connectivity index (χ2v) is 5.65. The van der Waals surface area contributed by atoms with Crippen LogP contribution in [-0.4, -0.2) is 24.0 Å². The molecule has 2 N–H and O–H groups in total. The molecule has 0 spiro atoms. The minimum Gasteiger partial charge on any atom is -0.351 e. The van der Waals surface area contributed by atoms with Crippen molar-refractivity contribution < 1.29 is 4.79 Å². The van der Waals surface area contributed by atoms with Crippen LogP contribution in [0.25, 0.3) is 0 Å². The van der Waals surface area contributed by atoms with Gasteiger partial charge in [-0.25, -0.2) is 0 Å². The van der Waals surface area contributed by atoms with E-state index in [2.05, 4.69) is 17.6 Å². The maximum absolute atomic E-state index is 11.8. The van der Waals surface area contributed by atoms with Crippen LogP contribution in [0.1, 0.15) is 58.3 Å². The summed E-state index contributed by atoms with van der Waals surface area (Å²) in [5.41, 5.74) is 0.0974. The summed E-state index contributed by atoms with van der Waals surface area (Å²) in [5, 5.41) is 6.65. The van der Waals surface area contributed by atoms with Crippen LogP contribution in [0.3, 0.4) is 0 Å². The van der Waals surface area contributed by atoms with E-state index in [-0.39, 0.29) is 23.9 Å². The van der Waals surface area contributed by atoms with Gasteiger partial charge >= 0.3 is 0 Å². The van der Waals surface area contributed by atoms with E-state index in [1.807, 2.05) is 0 Å². The van der Waals surface area contributed by atoms with E-state index < -0.39 is 0 Å². The van der Waals surface area contributed by atoms with Gasteiger partial charge < -0.3 is 10.6 Å². The van der Waals surface area contributed by atoms with Crippen molar-refractivity contribution in [1.82, 2.24) is 10.6 Å². The van der Waals surface area contributed by atoms with E-state index >= 15 is 0 Å². The highest BCUT2D eigenvalue weighted by Gasteiger charge is 2.30. The number of hydrogen-bond acceptors (Lipinski definition) is 2. The molecule has 1 aliphatic heterocycles. The van der Waals surface area contributed by atoms with Crippen LogP contribution in [0.5, 0.6) is 0 Å². The lowest BCUT2D eigenvalue weighted by atomic mass is 10.00. The SMILES string of the molecule is CC1(NC(=O)CCC2CCCN2)CCCC1.Cl. The predicted octanol–water partition coefficient (Wildman–Crippen LogP) is 2.39. The molecule has 1 aliphatic carbocycles. The largest absolute Gasteiger partial charge is 0.351 e. The average molecular weight is 261 g/mol. The maximum atomic E-state index is 11.8. The van der Waals surface area contributed by atoms with Gasteiger partial charge in [0.1, 0.15) is 0 Å². The molecule has 2 aliphatic rings. The molecule has 17 heavy (non-hydrogen) atoms. The predicted molar refractivity (Wildman–Crippen MR) is 72.5 cm³/mol. The van der Waals surface area contributed by atoms with Crippen molar-refractivity contribution in [3.05, 3.63) is 0 Å². The standard InChI is InChI=1S/C13H24N2O.ClH/c1-13(8-2-3-9-13)15-12(16)7-6-11-5-4-10-14-11;/h11,14H,2-10H2,1H3,(H,15,16);1H. The molecule has 4 heteroatoms. The molecule has 1 saturated heterocycles. The third-order valence-electron chi connectivity index (χ3n) is 4.03. The number of halogens is 1. The Kier molecular flexibility index (Phi) is 5.74. The first kappa shape index (κ1) is 14.8. The highest BCUT2D eigenvalue weighted by atomic mass is 35.5. The highest BCUT2D eigenvalue weighted by Crippen LogP contribution is 2.28. The van der Waals surface area contributed by atoms with E-state index in [4.69, 9.17) is 0 Å². The Morgan fingerprint density at radius 1 is 1.35 bits per heavy atom. The number of hydrogen-bond donors (Lipinski definition) is 2. The second kappa shape index (κ2) is 6.60. The summed E-state index contributed by atoms with van der Waals surface area (Å²) in [5.74, 6) is 0.248. The molecule has 0 aromatic heterocycles. The van der Waals surface area contributed by atoms with E-state index in [0.29, 0.717) is 12.5 Å². The lowest BCUT2D eigenvalue weighted by molar-refractivity contribution is -0.123. The summed E-state index contributed by atoms with van der Waals surface area (Å²) in [6.45, 7) is 3.32. The smallest absolute Gasteiger partial charge is 0.220 e. The maximum Gasteiger partial charge on any atom is 0.220 e. The van der Waals surface area contributed by atoms with E-state index in [1.165, 1.54) is 25.7 Å². The summed E-state index contributed by atoms with van der Waals surface area (Å²) in [7, 11) is 0. The van der Waals surface area contributed by atoms with Gasteiger partial charge in [0.2, 0.25) is 5.91 Å². The first-order chi connectivity index (χ1) is 7.68. The minimum absolute atomic E-state index is 0. The number of nitrogens with one attached hydrogen (secondary N) is 2. The summed E-state index contributed by atoms with van der Waals surface area (Å²) >= 11 is 0. The molecule has 3 nitrogen and oxygen atoms in total. The fourth-order valence-corrected chi connectivity index (χ4v) is 2.99. The number of rotatable bonds is 4. The minimum atomic E-state index is 0. The van der Waals surface area contributed by atoms with E-state index in [9.17, 15) is 4.79 Å². The van der Waals surface area contributed by atoms with Crippen LogP contribution < -0.4 is 10.6 Å². The second-order valence-electron chi connectivity index (χ2n) is 5.65. The van der Waals surface area contributed by atoms with Crippen LogP contribution in [0.15, 0.2) is 0 Å². The van der Waals surface area contributed by atoms with E-state index in [0.717, 1.165) is 25.8 Å². The normalized spacial score (nSPS) is 26.5. The van der Waals surface area contributed by atoms with Gasteiger partial charge in [-0.3, -0.25) is 4.79 Å². The summed E-state index contributed by atoms with van der Waals surface area (Å²) < 4.78 is 0. The van der Waals surface area contributed by atoms with Gasteiger partial charge in [0.15, 0.2) is 0 Å². The monoisotopic (exact) mass is 260 g/mol. The van der Waals surface area contributed by atoms with Crippen molar-refractivity contribution >= 4 is 18.3 Å². The Morgan fingerprint density at radius 3 is 2.65 bits per heavy atom. The fraction of sp³-hybridized carbons (Fsp3) is 0.923. The van der Waals surface area contributed by atoms with Gasteiger partial charge in [-0.15, -0.1) is 12.4 Å². The molecule has 1 amide bonds. The molecular formula is C13H25ClN2O. The highest BCUT2D eigenvalue weighted by molar-refractivity contribution is 5.85. The zero-order chi connectivity index (χ0) is 11.4. The Labute approximate surface area is 111 Å². The van der Waals surface area contributed by atoms with Crippen LogP contribution in [0.4, 0.5) is 0 Å². The Balaban J connectivity index is 0.00000144. The molecule has 1 unspecified atom stereocenters. The third kappa shape index (κ3) is 4.47. The molecule has 1 atom stereocenters. The summed E-state index contributed by atoms with van der Waals surface area (Å²) in [4.78, 5) is 11.8. The van der Waals surface area contributed by atoms with E-state index in [1.54, 1.807) is 0 Å². The molecule has 100 valence electrons. The molecule has 2 rings (SSSR count). The zero-order valence-electron chi connectivity index (χ0n) is 10.8. The first-order valence-electron chi connectivity index (χ1n) is 6.72. The number of carbonyl (C=O) groups is 1. The van der Waals surface area contributed by atoms with Gasteiger partial charge in [-0.2, -0.15) is 0 Å². The Hall–Kier alpha value is -0.280. The first-order valence-corrected chi connectivity index (χ1v) is 6.72. The molecule has 0 bridgehead atoms. The van der Waals surface area contributed by atoms with Crippen molar-refractivity contribution in [2.24, 2.45) is 0 Å². The van der Waals surface area contributed by atoms with Crippen LogP contribution >= 0.6 is 12.4 Å². The average Bonchev–Trinajstić information content (AvgIpc) is 2.86. The van der Waals surface area contributed by atoms with Gasteiger partial charge in [0.05, 0.1) is 0 Å². The van der Waals surface area contributed by atoms with Crippen LogP contribution in [0.2, 0.25) is 0 Å². The van der Waals surface area contributed by atoms with Crippen LogP contribution in [0, 0.1) is 0 Å². The number of amides is 1. The Morgan fingerprint density at radius 2 is 2.06 bits per heavy atom. The molecular weight excluding hydrogens is 236 g/mol. The lowest BCUT2D eigenvalue weighted by Crippen LogP contribution is -2.43. The van der Waals surface area contributed by atoms with Crippen molar-refractivity contribution in [1.29, 1.82) is 0 Å². The third-order valence-corrected chi connectivity index (χ3v) is 4.03. The van der Waals surface area contributed by atoms with Gasteiger partial charge in [-0.1, -0.05) is 12.8 Å². The quantitative estimate of drug-likeness (QED) is 0.815. The van der Waals surface area contributed by atoms with Gasteiger partial charge in [0.25, 0.3) is 0 Å². The molecule has 1 saturated carbocycles. The van der Waals surface area contributed by atoms with Crippen LogP contribution in [-0.2, 0) is 4.79 Å². The molecule has 0 aromatic rings. The van der Waals surface area contributed by atoms with Crippen molar-refractivity contribution in [2.75, 3.05) is 6.54 Å². The summed E-state index contributed by atoms with van der Waals surface area (Å²) in [6, 6.07) is 0.585. The van der Waals surface area contributed by atoms with Crippen molar-refractivity contribution in [3.63, 3.8) is 0 Å².